The lowest BCUT2D eigenvalue weighted by atomic mass is 10.1. The molecule has 19 nitrogen and oxygen atoms in total. The Labute approximate surface area is 466 Å². The Morgan fingerprint density at radius 2 is 0.813 bits per heavy atom. The number of hydrogen-bond donors (Lipinski definition) is 4. The van der Waals surface area contributed by atoms with E-state index in [0.717, 1.165) is 164 Å². The average Bonchev–Trinajstić information content (AvgIpc) is 3.34. The summed E-state index contributed by atoms with van der Waals surface area (Å²) in [5, 5.41) is 24.6. The summed E-state index contributed by atoms with van der Waals surface area (Å²) in [6.45, 7) is 37.2. The summed E-state index contributed by atoms with van der Waals surface area (Å²) in [6, 6.07) is 0. The van der Waals surface area contributed by atoms with Crippen LogP contribution in [-0.4, -0.2) is 367 Å². The fraction of sp³-hybridized carbons (Fsp3) is 1.00. The second-order valence-corrected chi connectivity index (χ2v) is 21.4. The lowest BCUT2D eigenvalue weighted by Crippen LogP contribution is -2.38. The SMILES string of the molecule is C1CCN(CCOCCN2CCOCC2)CC1.CC(O)CN(CCCN(C)C)CC(C)O.CCCN(C)CCN(C)C.CCCN(C)CCOCCN(C)C.CN(C)CCOCCN(C)C.CNCCOCCNC. The molecule has 2 aliphatic rings. The van der Waals surface area contributed by atoms with E-state index in [-0.39, 0.29) is 12.2 Å². The van der Waals surface area contributed by atoms with Crippen molar-refractivity contribution in [2.24, 2.45) is 0 Å². The minimum absolute atomic E-state index is 0.330. The summed E-state index contributed by atoms with van der Waals surface area (Å²) < 4.78 is 27.1. The Kier molecular flexibility index (Phi) is 67.2. The summed E-state index contributed by atoms with van der Waals surface area (Å²) in [5.74, 6) is 0. The van der Waals surface area contributed by atoms with Gasteiger partial charge in [0.1, 0.15) is 0 Å². The number of piperidine rings is 1. The predicted molar refractivity (Wildman–Crippen MR) is 321 cm³/mol. The Balaban J connectivity index is -0.000000409. The third-order valence-electron chi connectivity index (χ3n) is 11.6. The Morgan fingerprint density at radius 3 is 1.20 bits per heavy atom. The second-order valence-electron chi connectivity index (χ2n) is 21.4. The van der Waals surface area contributed by atoms with Gasteiger partial charge in [0.2, 0.25) is 0 Å². The van der Waals surface area contributed by atoms with Crippen molar-refractivity contribution in [3.05, 3.63) is 0 Å². The summed E-state index contributed by atoms with van der Waals surface area (Å²) >= 11 is 0. The van der Waals surface area contributed by atoms with Crippen LogP contribution in [0.1, 0.15) is 66.2 Å². The van der Waals surface area contributed by atoms with Gasteiger partial charge in [-0.3, -0.25) is 9.80 Å². The molecule has 2 fully saturated rings. The molecule has 2 atom stereocenters. The maximum absolute atomic E-state index is 9.31. The number of nitrogens with one attached hydrogen (secondary N) is 2. The van der Waals surface area contributed by atoms with Crippen LogP contribution in [0.4, 0.5) is 0 Å². The molecule has 2 unspecified atom stereocenters. The molecule has 0 aromatic rings. The molecule has 458 valence electrons. The first-order valence-corrected chi connectivity index (χ1v) is 29.1. The van der Waals surface area contributed by atoms with Crippen LogP contribution >= 0.6 is 0 Å². The lowest BCUT2D eigenvalue weighted by molar-refractivity contribution is 0.0173. The van der Waals surface area contributed by atoms with Gasteiger partial charge in [0.25, 0.3) is 0 Å². The van der Waals surface area contributed by atoms with Crippen LogP contribution < -0.4 is 10.6 Å². The standard InChI is InChI=1S/C13H26N2O2.C11H26N2O2.C10H24N2O.C8H20N2O.C8H20N2.C6H16N2O/c1-2-4-14(5-3-1)6-10-16-11-7-15-8-12-17-13-9-15;1-10(14)8-13(9-11(2)15)7-5-6-12(3)4;1-5-6-12(4)8-10-13-9-7-11(2)3;1-9(2)5-7-11-8-6-10(3)4;1-5-6-10(4)8-7-9(2)3;1-7-3-5-9-6-4-8-2/h1-13H2;10-11,14-15H,5-9H2,1-4H3;5-10H2,1-4H3;5-8H2,1-4H3;5-8H2,1-4H3;7-8H,3-6H2,1-2H3. The molecule has 2 saturated heterocycles. The molecule has 75 heavy (non-hydrogen) atoms. The fourth-order valence-corrected chi connectivity index (χ4v) is 7.09. The molecule has 2 rings (SSSR count). The van der Waals surface area contributed by atoms with E-state index in [1.807, 2.05) is 28.2 Å². The van der Waals surface area contributed by atoms with Crippen molar-refractivity contribution >= 4 is 0 Å². The van der Waals surface area contributed by atoms with E-state index < -0.39 is 0 Å². The van der Waals surface area contributed by atoms with Gasteiger partial charge in [-0.15, -0.1) is 0 Å². The summed E-state index contributed by atoms with van der Waals surface area (Å²) in [4.78, 5) is 22.5. The Morgan fingerprint density at radius 1 is 0.440 bits per heavy atom. The van der Waals surface area contributed by atoms with E-state index in [1.54, 1.807) is 13.8 Å². The van der Waals surface area contributed by atoms with E-state index in [9.17, 15) is 10.2 Å². The number of aliphatic hydroxyl groups is 2. The average molecular weight is 1090 g/mol. The van der Waals surface area contributed by atoms with E-state index in [1.165, 1.54) is 58.3 Å². The smallest absolute Gasteiger partial charge is 0.0639 e. The number of rotatable bonds is 39. The highest BCUT2D eigenvalue weighted by Gasteiger charge is 2.12. The van der Waals surface area contributed by atoms with Crippen LogP contribution in [0.2, 0.25) is 0 Å². The third kappa shape index (κ3) is 75.3. The van der Waals surface area contributed by atoms with Crippen LogP contribution in [0.3, 0.4) is 0 Å². The Hall–Kier alpha value is -0.760. The zero-order valence-corrected chi connectivity index (χ0v) is 53.0. The highest BCUT2D eigenvalue weighted by molar-refractivity contribution is 4.66. The van der Waals surface area contributed by atoms with E-state index in [0.29, 0.717) is 13.1 Å². The number of ether oxygens (including phenoxy) is 5. The van der Waals surface area contributed by atoms with Crippen LogP contribution in [0.15, 0.2) is 0 Å². The molecule has 0 aromatic heterocycles. The molecule has 0 radical (unpaired) electrons. The van der Waals surface area contributed by atoms with E-state index in [4.69, 9.17) is 23.7 Å². The number of likely N-dealkylation sites (tertiary alicyclic amines) is 1. The van der Waals surface area contributed by atoms with Crippen molar-refractivity contribution < 1.29 is 33.9 Å². The highest BCUT2D eigenvalue weighted by Crippen LogP contribution is 2.07. The van der Waals surface area contributed by atoms with Gasteiger partial charge in [-0.25, -0.2) is 0 Å². The molecule has 19 heteroatoms. The first-order chi connectivity index (χ1) is 35.7. The maximum atomic E-state index is 9.31. The Bertz CT molecular complexity index is 1000. The minimum atomic E-state index is -0.330. The van der Waals surface area contributed by atoms with E-state index >= 15 is 0 Å². The highest BCUT2D eigenvalue weighted by atomic mass is 16.5. The van der Waals surface area contributed by atoms with Gasteiger partial charge in [-0.2, -0.15) is 0 Å². The van der Waals surface area contributed by atoms with Crippen molar-refractivity contribution in [2.45, 2.75) is 78.4 Å². The first kappa shape index (κ1) is 80.7. The van der Waals surface area contributed by atoms with Crippen molar-refractivity contribution in [3.8, 4) is 0 Å². The minimum Gasteiger partial charge on any atom is -0.392 e. The zero-order valence-electron chi connectivity index (χ0n) is 53.0. The largest absolute Gasteiger partial charge is 0.392 e. The summed E-state index contributed by atoms with van der Waals surface area (Å²) in [5.41, 5.74) is 0. The summed E-state index contributed by atoms with van der Waals surface area (Å²) in [6.07, 6.45) is 7.02. The molecule has 2 aliphatic heterocycles. The van der Waals surface area contributed by atoms with Crippen LogP contribution in [0.25, 0.3) is 0 Å². The number of likely N-dealkylation sites (N-methyl/N-ethyl adjacent to an activating group) is 8. The number of hydrogen-bond acceptors (Lipinski definition) is 19. The molecular weight excluding hydrogens is 953 g/mol. The molecular formula is C56H132N12O7. The maximum Gasteiger partial charge on any atom is 0.0639 e. The van der Waals surface area contributed by atoms with E-state index in [2.05, 4.69) is 144 Å². The van der Waals surface area contributed by atoms with Gasteiger partial charge in [-0.05, 0) is 184 Å². The van der Waals surface area contributed by atoms with Crippen LogP contribution in [0.5, 0.6) is 0 Å². The van der Waals surface area contributed by atoms with Gasteiger partial charge in [0, 0.05) is 91.6 Å². The van der Waals surface area contributed by atoms with Crippen LogP contribution in [0, 0.1) is 0 Å². The number of morpholine rings is 1. The third-order valence-corrected chi connectivity index (χ3v) is 11.6. The van der Waals surface area contributed by atoms with Gasteiger partial charge in [0.15, 0.2) is 0 Å². The lowest BCUT2D eigenvalue weighted by Gasteiger charge is -2.27. The quantitative estimate of drug-likeness (QED) is 0.0668. The monoisotopic (exact) mass is 1090 g/mol. The van der Waals surface area contributed by atoms with Gasteiger partial charge >= 0.3 is 0 Å². The molecule has 0 aromatic carbocycles. The summed E-state index contributed by atoms with van der Waals surface area (Å²) in [7, 11) is 28.8. The molecule has 2 heterocycles. The number of aliphatic hydroxyl groups excluding tert-OH is 2. The van der Waals surface area contributed by atoms with Gasteiger partial charge < -0.3 is 83.7 Å². The molecule has 0 bridgehead atoms. The van der Waals surface area contributed by atoms with Gasteiger partial charge in [0.05, 0.1) is 78.3 Å². The van der Waals surface area contributed by atoms with Crippen LogP contribution in [-0.2, 0) is 23.7 Å². The van der Waals surface area contributed by atoms with Crippen molar-refractivity contribution in [2.75, 3.05) is 296 Å². The molecule has 0 amide bonds. The molecule has 0 aliphatic carbocycles. The zero-order chi connectivity index (χ0) is 57.3. The molecule has 0 spiro atoms. The van der Waals surface area contributed by atoms with Crippen molar-refractivity contribution in [1.82, 2.24) is 59.6 Å². The normalized spacial score (nSPS) is 15.0. The first-order valence-electron chi connectivity index (χ1n) is 29.1. The van der Waals surface area contributed by atoms with Gasteiger partial charge in [-0.1, -0.05) is 20.3 Å². The molecule has 4 N–H and O–H groups in total. The second kappa shape index (κ2) is 62.4. The van der Waals surface area contributed by atoms with Crippen molar-refractivity contribution in [3.63, 3.8) is 0 Å². The predicted octanol–water partition coefficient (Wildman–Crippen LogP) is 2.19. The molecule has 0 saturated carbocycles. The van der Waals surface area contributed by atoms with Crippen molar-refractivity contribution in [1.29, 1.82) is 0 Å². The number of nitrogens with zero attached hydrogens (tertiary/aromatic N) is 10. The topological polar surface area (TPSA) is 143 Å². The fourth-order valence-electron chi connectivity index (χ4n) is 7.09.